The highest BCUT2D eigenvalue weighted by Crippen LogP contribution is 2.10. The van der Waals surface area contributed by atoms with E-state index < -0.39 is 0 Å². The van der Waals surface area contributed by atoms with E-state index in [4.69, 9.17) is 0 Å². The van der Waals surface area contributed by atoms with Crippen molar-refractivity contribution in [3.05, 3.63) is 77.6 Å². The van der Waals surface area contributed by atoms with E-state index >= 15 is 0 Å². The number of hydrogen-bond acceptors (Lipinski definition) is 2. The Hall–Kier alpha value is -2.46. The highest BCUT2D eigenvalue weighted by molar-refractivity contribution is 5.91. The van der Waals surface area contributed by atoms with Gasteiger partial charge in [0.05, 0.1) is 0 Å². The van der Waals surface area contributed by atoms with E-state index in [-0.39, 0.29) is 11.7 Å². The molecule has 0 spiro atoms. The highest BCUT2D eigenvalue weighted by atomic mass is 19.1. The normalized spacial score (nSPS) is 15.8. The third-order valence-electron chi connectivity index (χ3n) is 4.22. The summed E-state index contributed by atoms with van der Waals surface area (Å²) in [5, 5.41) is 0. The molecule has 2 aromatic rings. The summed E-state index contributed by atoms with van der Waals surface area (Å²) in [5.41, 5.74) is 2.13. The van der Waals surface area contributed by atoms with Crippen molar-refractivity contribution in [1.82, 2.24) is 9.80 Å². The predicted octanol–water partition coefficient (Wildman–Crippen LogP) is 3.18. The summed E-state index contributed by atoms with van der Waals surface area (Å²) in [5.74, 6) is -0.258. The van der Waals surface area contributed by atoms with Gasteiger partial charge in [-0.05, 0) is 29.3 Å². The number of amides is 1. The number of rotatable bonds is 4. The highest BCUT2D eigenvalue weighted by Gasteiger charge is 2.19. The van der Waals surface area contributed by atoms with Crippen LogP contribution in [0.15, 0.2) is 60.7 Å². The van der Waals surface area contributed by atoms with Crippen molar-refractivity contribution in [3.8, 4) is 0 Å². The molecule has 124 valence electrons. The van der Waals surface area contributed by atoms with Gasteiger partial charge in [0.1, 0.15) is 5.82 Å². The van der Waals surface area contributed by atoms with E-state index in [2.05, 4.69) is 29.2 Å². The van der Waals surface area contributed by atoms with Gasteiger partial charge >= 0.3 is 0 Å². The molecule has 0 saturated carbocycles. The van der Waals surface area contributed by atoms with Crippen molar-refractivity contribution < 1.29 is 9.18 Å². The molecule has 3 nitrogen and oxygen atoms in total. The standard InChI is InChI=1S/C20H21FN2O/c21-19-9-6-17(7-10-19)8-11-20(24)23-14-12-22(13-15-23)16-18-4-2-1-3-5-18/h1-11H,12-16H2. The maximum atomic E-state index is 12.9. The molecule has 0 unspecified atom stereocenters. The van der Waals surface area contributed by atoms with E-state index in [1.54, 1.807) is 24.3 Å². The maximum absolute atomic E-state index is 12.9. The van der Waals surface area contributed by atoms with Crippen LogP contribution in [0.2, 0.25) is 0 Å². The quantitative estimate of drug-likeness (QED) is 0.807. The van der Waals surface area contributed by atoms with Gasteiger partial charge in [-0.1, -0.05) is 42.5 Å². The number of hydrogen-bond donors (Lipinski definition) is 0. The van der Waals surface area contributed by atoms with Crippen LogP contribution in [-0.4, -0.2) is 41.9 Å². The van der Waals surface area contributed by atoms with Crippen molar-refractivity contribution in [2.45, 2.75) is 6.54 Å². The van der Waals surface area contributed by atoms with E-state index in [9.17, 15) is 9.18 Å². The molecule has 24 heavy (non-hydrogen) atoms. The second-order valence-electron chi connectivity index (χ2n) is 5.97. The fourth-order valence-electron chi connectivity index (χ4n) is 2.81. The average Bonchev–Trinajstić information content (AvgIpc) is 2.62. The lowest BCUT2D eigenvalue weighted by Gasteiger charge is -2.34. The number of carbonyl (C=O) groups is 1. The minimum Gasteiger partial charge on any atom is -0.337 e. The Bertz CT molecular complexity index is 689. The molecule has 1 aliphatic heterocycles. The summed E-state index contributed by atoms with van der Waals surface area (Å²) in [6, 6.07) is 16.5. The molecule has 0 radical (unpaired) electrons. The largest absolute Gasteiger partial charge is 0.337 e. The van der Waals surface area contributed by atoms with Gasteiger partial charge < -0.3 is 4.90 Å². The molecule has 0 atom stereocenters. The van der Waals surface area contributed by atoms with E-state index in [0.717, 1.165) is 38.3 Å². The summed E-state index contributed by atoms with van der Waals surface area (Å²) in [6.45, 7) is 4.16. The molecule has 0 bridgehead atoms. The maximum Gasteiger partial charge on any atom is 0.246 e. The van der Waals surface area contributed by atoms with Crippen LogP contribution in [0.5, 0.6) is 0 Å². The summed E-state index contributed by atoms with van der Waals surface area (Å²) < 4.78 is 12.9. The van der Waals surface area contributed by atoms with Crippen molar-refractivity contribution in [2.24, 2.45) is 0 Å². The second-order valence-corrected chi connectivity index (χ2v) is 5.97. The minimum atomic E-state index is -0.270. The summed E-state index contributed by atoms with van der Waals surface area (Å²) >= 11 is 0. The molecule has 1 fully saturated rings. The predicted molar refractivity (Wildman–Crippen MR) is 93.7 cm³/mol. The first-order chi connectivity index (χ1) is 11.7. The molecule has 1 aliphatic rings. The minimum absolute atomic E-state index is 0.0127. The number of nitrogens with zero attached hydrogens (tertiary/aromatic N) is 2. The Morgan fingerprint density at radius 1 is 0.958 bits per heavy atom. The van der Waals surface area contributed by atoms with Gasteiger partial charge in [0.15, 0.2) is 0 Å². The van der Waals surface area contributed by atoms with Gasteiger partial charge in [-0.15, -0.1) is 0 Å². The number of piperazine rings is 1. The summed E-state index contributed by atoms with van der Waals surface area (Å²) in [6.07, 6.45) is 3.30. The lowest BCUT2D eigenvalue weighted by atomic mass is 10.2. The summed E-state index contributed by atoms with van der Waals surface area (Å²) in [7, 11) is 0. The first-order valence-electron chi connectivity index (χ1n) is 8.19. The Balaban J connectivity index is 1.49. The van der Waals surface area contributed by atoms with Crippen molar-refractivity contribution in [2.75, 3.05) is 26.2 Å². The van der Waals surface area contributed by atoms with Gasteiger partial charge in [-0.25, -0.2) is 4.39 Å². The zero-order valence-corrected chi connectivity index (χ0v) is 13.6. The average molecular weight is 324 g/mol. The third-order valence-corrected chi connectivity index (χ3v) is 4.22. The number of benzene rings is 2. The summed E-state index contributed by atoms with van der Waals surface area (Å²) in [4.78, 5) is 16.5. The molecule has 1 saturated heterocycles. The zero-order valence-electron chi connectivity index (χ0n) is 13.6. The molecule has 0 aromatic heterocycles. The van der Waals surface area contributed by atoms with Crippen molar-refractivity contribution >= 4 is 12.0 Å². The molecule has 3 rings (SSSR count). The molecule has 0 aliphatic carbocycles. The third kappa shape index (κ3) is 4.52. The number of halogens is 1. The fourth-order valence-corrected chi connectivity index (χ4v) is 2.81. The topological polar surface area (TPSA) is 23.6 Å². The Labute approximate surface area is 142 Å². The van der Waals surface area contributed by atoms with Gasteiger partial charge in [0.25, 0.3) is 0 Å². The van der Waals surface area contributed by atoms with E-state index in [0.29, 0.717) is 0 Å². The fraction of sp³-hybridized carbons (Fsp3) is 0.250. The number of carbonyl (C=O) groups excluding carboxylic acids is 1. The lowest BCUT2D eigenvalue weighted by Crippen LogP contribution is -2.47. The molecule has 2 aromatic carbocycles. The van der Waals surface area contributed by atoms with Gasteiger partial charge in [-0.3, -0.25) is 9.69 Å². The van der Waals surface area contributed by atoms with Crippen LogP contribution in [0.3, 0.4) is 0 Å². The molecule has 0 N–H and O–H groups in total. The van der Waals surface area contributed by atoms with E-state index in [1.165, 1.54) is 17.7 Å². The smallest absolute Gasteiger partial charge is 0.246 e. The molecule has 1 amide bonds. The Kier molecular flexibility index (Phi) is 5.39. The van der Waals surface area contributed by atoms with E-state index in [1.807, 2.05) is 11.0 Å². The Morgan fingerprint density at radius 2 is 1.62 bits per heavy atom. The van der Waals surface area contributed by atoms with Crippen LogP contribution < -0.4 is 0 Å². The monoisotopic (exact) mass is 324 g/mol. The van der Waals surface area contributed by atoms with Crippen molar-refractivity contribution in [1.29, 1.82) is 0 Å². The van der Waals surface area contributed by atoms with Crippen LogP contribution in [-0.2, 0) is 11.3 Å². The molecular weight excluding hydrogens is 303 g/mol. The van der Waals surface area contributed by atoms with Crippen LogP contribution >= 0.6 is 0 Å². The van der Waals surface area contributed by atoms with Gasteiger partial charge in [0.2, 0.25) is 5.91 Å². The van der Waals surface area contributed by atoms with Gasteiger partial charge in [0, 0.05) is 38.8 Å². The van der Waals surface area contributed by atoms with Gasteiger partial charge in [-0.2, -0.15) is 0 Å². The molecule has 4 heteroatoms. The second kappa shape index (κ2) is 7.88. The first-order valence-corrected chi connectivity index (χ1v) is 8.19. The van der Waals surface area contributed by atoms with Crippen LogP contribution in [0.4, 0.5) is 4.39 Å². The first kappa shape index (κ1) is 16.4. The lowest BCUT2D eigenvalue weighted by molar-refractivity contribution is -0.127. The zero-order chi connectivity index (χ0) is 16.8. The van der Waals surface area contributed by atoms with Crippen molar-refractivity contribution in [3.63, 3.8) is 0 Å². The van der Waals surface area contributed by atoms with Crippen LogP contribution in [0, 0.1) is 5.82 Å². The Morgan fingerprint density at radius 3 is 2.29 bits per heavy atom. The molecule has 1 heterocycles. The van der Waals surface area contributed by atoms with Crippen LogP contribution in [0.1, 0.15) is 11.1 Å². The van der Waals surface area contributed by atoms with Crippen LogP contribution in [0.25, 0.3) is 6.08 Å². The molecular formula is C20H21FN2O. The SMILES string of the molecule is O=C(C=Cc1ccc(F)cc1)N1CCN(Cc2ccccc2)CC1.